The average molecular weight is 351 g/mol. The van der Waals surface area contributed by atoms with Crippen LogP contribution in [-0.4, -0.2) is 38.0 Å². The highest BCUT2D eigenvalue weighted by molar-refractivity contribution is 5.94. The Balaban J connectivity index is 1.86. The summed E-state index contributed by atoms with van der Waals surface area (Å²) >= 11 is 0. The predicted octanol–water partition coefficient (Wildman–Crippen LogP) is 2.80. The molecule has 2 heterocycles. The number of H-pyrrole nitrogens is 1. The molecule has 0 aliphatic rings. The Bertz CT molecular complexity index is 1070. The van der Waals surface area contributed by atoms with Crippen LogP contribution in [0.25, 0.3) is 22.6 Å². The van der Waals surface area contributed by atoms with Crippen molar-refractivity contribution in [3.8, 4) is 11.5 Å². The van der Waals surface area contributed by atoms with E-state index in [-0.39, 0.29) is 18.1 Å². The first-order valence-corrected chi connectivity index (χ1v) is 7.87. The third-order valence-corrected chi connectivity index (χ3v) is 4.01. The molecular formula is C18H14FN5O2. The molecular weight excluding hydrogens is 337 g/mol. The van der Waals surface area contributed by atoms with Crippen LogP contribution in [0.4, 0.5) is 4.39 Å². The second-order valence-corrected chi connectivity index (χ2v) is 5.63. The van der Waals surface area contributed by atoms with Gasteiger partial charge in [-0.05, 0) is 18.2 Å². The SMILES string of the molecule is COC(=O)c1nnn(Cc2ccccc2F)c1-c1nc2ccccc2[nH]1. The van der Waals surface area contributed by atoms with Crippen LogP contribution in [0.3, 0.4) is 0 Å². The summed E-state index contributed by atoms with van der Waals surface area (Å²) in [5.74, 6) is -0.591. The van der Waals surface area contributed by atoms with E-state index in [1.165, 1.54) is 17.9 Å². The Morgan fingerprint density at radius 3 is 2.73 bits per heavy atom. The van der Waals surface area contributed by atoms with E-state index >= 15 is 0 Å². The molecule has 0 atom stereocenters. The topological polar surface area (TPSA) is 85.7 Å². The van der Waals surface area contributed by atoms with E-state index in [9.17, 15) is 9.18 Å². The van der Waals surface area contributed by atoms with Crippen molar-refractivity contribution in [2.24, 2.45) is 0 Å². The summed E-state index contributed by atoms with van der Waals surface area (Å²) in [4.78, 5) is 19.7. The first kappa shape index (κ1) is 15.9. The van der Waals surface area contributed by atoms with Gasteiger partial charge >= 0.3 is 5.97 Å². The molecule has 2 aromatic heterocycles. The lowest BCUT2D eigenvalue weighted by molar-refractivity contribution is 0.0594. The molecule has 130 valence electrons. The molecule has 0 amide bonds. The lowest BCUT2D eigenvalue weighted by Crippen LogP contribution is -2.09. The number of halogens is 1. The smallest absolute Gasteiger partial charge is 0.361 e. The van der Waals surface area contributed by atoms with E-state index in [0.717, 1.165) is 11.0 Å². The molecule has 0 fully saturated rings. The van der Waals surface area contributed by atoms with Crippen LogP contribution < -0.4 is 0 Å². The predicted molar refractivity (Wildman–Crippen MR) is 92.0 cm³/mol. The first-order valence-electron chi connectivity index (χ1n) is 7.87. The number of aromatic nitrogens is 5. The van der Waals surface area contributed by atoms with Gasteiger partial charge in [0.05, 0.1) is 24.7 Å². The van der Waals surface area contributed by atoms with Gasteiger partial charge in [-0.1, -0.05) is 35.5 Å². The number of para-hydroxylation sites is 2. The largest absolute Gasteiger partial charge is 0.464 e. The van der Waals surface area contributed by atoms with Crippen molar-refractivity contribution in [3.05, 3.63) is 65.6 Å². The molecule has 0 aliphatic carbocycles. The molecule has 0 aliphatic heterocycles. The van der Waals surface area contributed by atoms with Crippen LogP contribution in [0.2, 0.25) is 0 Å². The Morgan fingerprint density at radius 1 is 1.19 bits per heavy atom. The van der Waals surface area contributed by atoms with Crippen molar-refractivity contribution >= 4 is 17.0 Å². The van der Waals surface area contributed by atoms with E-state index in [0.29, 0.717) is 17.1 Å². The Kier molecular flexibility index (Phi) is 3.92. The number of hydrogen-bond acceptors (Lipinski definition) is 5. The van der Waals surface area contributed by atoms with Crippen LogP contribution >= 0.6 is 0 Å². The van der Waals surface area contributed by atoms with Crippen molar-refractivity contribution in [3.63, 3.8) is 0 Å². The molecule has 4 rings (SSSR count). The molecule has 0 bridgehead atoms. The number of aromatic amines is 1. The molecule has 0 saturated heterocycles. The number of hydrogen-bond donors (Lipinski definition) is 1. The summed E-state index contributed by atoms with van der Waals surface area (Å²) in [6.45, 7) is 0.100. The van der Waals surface area contributed by atoms with Gasteiger partial charge in [0.25, 0.3) is 0 Å². The summed E-state index contributed by atoms with van der Waals surface area (Å²) in [6, 6.07) is 13.8. The van der Waals surface area contributed by atoms with Gasteiger partial charge in [-0.25, -0.2) is 18.9 Å². The fraction of sp³-hybridized carbons (Fsp3) is 0.111. The van der Waals surface area contributed by atoms with Gasteiger partial charge in [0, 0.05) is 5.56 Å². The number of imidazole rings is 1. The standard InChI is InChI=1S/C18H14FN5O2/c1-26-18(25)15-16(17-20-13-8-4-5-9-14(13)21-17)24(23-22-15)10-11-6-2-3-7-12(11)19/h2-9H,10H2,1H3,(H,20,21). The monoisotopic (exact) mass is 351 g/mol. The van der Waals surface area contributed by atoms with Gasteiger partial charge in [-0.2, -0.15) is 0 Å². The number of nitrogens with zero attached hydrogens (tertiary/aromatic N) is 4. The molecule has 0 spiro atoms. The number of carbonyl (C=O) groups excluding carboxylic acids is 1. The molecule has 2 aromatic carbocycles. The van der Waals surface area contributed by atoms with Crippen molar-refractivity contribution < 1.29 is 13.9 Å². The number of benzene rings is 2. The van der Waals surface area contributed by atoms with Crippen LogP contribution in [0.5, 0.6) is 0 Å². The molecule has 26 heavy (non-hydrogen) atoms. The van der Waals surface area contributed by atoms with E-state index in [4.69, 9.17) is 4.74 Å². The highest BCUT2D eigenvalue weighted by Gasteiger charge is 2.24. The number of carbonyl (C=O) groups is 1. The Morgan fingerprint density at radius 2 is 1.96 bits per heavy atom. The van der Waals surface area contributed by atoms with Crippen LogP contribution in [0.1, 0.15) is 16.1 Å². The highest BCUT2D eigenvalue weighted by Crippen LogP contribution is 2.24. The second kappa shape index (κ2) is 6.40. The number of esters is 1. The third-order valence-electron chi connectivity index (χ3n) is 4.01. The maximum Gasteiger partial charge on any atom is 0.361 e. The number of fused-ring (bicyclic) bond motifs is 1. The van der Waals surface area contributed by atoms with Crippen LogP contribution in [-0.2, 0) is 11.3 Å². The maximum atomic E-state index is 14.0. The van der Waals surface area contributed by atoms with Gasteiger partial charge in [0.1, 0.15) is 11.5 Å². The van der Waals surface area contributed by atoms with Gasteiger partial charge < -0.3 is 9.72 Å². The normalized spacial score (nSPS) is 11.0. The molecule has 7 nitrogen and oxygen atoms in total. The summed E-state index contributed by atoms with van der Waals surface area (Å²) in [6.07, 6.45) is 0. The second-order valence-electron chi connectivity index (χ2n) is 5.63. The fourth-order valence-corrected chi connectivity index (χ4v) is 2.75. The minimum absolute atomic E-state index is 0.0166. The number of nitrogens with one attached hydrogen (secondary N) is 1. The van der Waals surface area contributed by atoms with Gasteiger partial charge in [0.15, 0.2) is 5.82 Å². The van der Waals surface area contributed by atoms with E-state index < -0.39 is 5.97 Å². The van der Waals surface area contributed by atoms with Crippen molar-refractivity contribution in [2.45, 2.75) is 6.54 Å². The highest BCUT2D eigenvalue weighted by atomic mass is 19.1. The lowest BCUT2D eigenvalue weighted by atomic mass is 10.2. The van der Waals surface area contributed by atoms with E-state index in [1.807, 2.05) is 24.3 Å². The Labute approximate surface area is 147 Å². The lowest BCUT2D eigenvalue weighted by Gasteiger charge is -2.06. The maximum absolute atomic E-state index is 14.0. The van der Waals surface area contributed by atoms with Crippen LogP contribution in [0, 0.1) is 5.82 Å². The van der Waals surface area contributed by atoms with E-state index in [2.05, 4.69) is 20.3 Å². The fourth-order valence-electron chi connectivity index (χ4n) is 2.75. The zero-order chi connectivity index (χ0) is 18.1. The van der Waals surface area contributed by atoms with Gasteiger partial charge in [-0.3, -0.25) is 0 Å². The average Bonchev–Trinajstić information content (AvgIpc) is 3.26. The van der Waals surface area contributed by atoms with Crippen molar-refractivity contribution in [1.82, 2.24) is 25.0 Å². The zero-order valence-corrected chi connectivity index (χ0v) is 13.8. The van der Waals surface area contributed by atoms with E-state index in [1.54, 1.807) is 18.2 Å². The summed E-state index contributed by atoms with van der Waals surface area (Å²) in [5.41, 5.74) is 2.32. The number of methoxy groups -OCH3 is 1. The van der Waals surface area contributed by atoms with Gasteiger partial charge in [0.2, 0.25) is 5.69 Å². The van der Waals surface area contributed by atoms with Crippen LogP contribution in [0.15, 0.2) is 48.5 Å². The zero-order valence-electron chi connectivity index (χ0n) is 13.8. The number of rotatable bonds is 4. The molecule has 0 unspecified atom stereocenters. The number of ether oxygens (including phenoxy) is 1. The quantitative estimate of drug-likeness (QED) is 0.572. The molecule has 8 heteroatoms. The minimum atomic E-state index is -0.639. The summed E-state index contributed by atoms with van der Waals surface area (Å²) in [5, 5.41) is 7.92. The van der Waals surface area contributed by atoms with Crippen molar-refractivity contribution in [1.29, 1.82) is 0 Å². The molecule has 4 aromatic rings. The van der Waals surface area contributed by atoms with Gasteiger partial charge in [-0.15, -0.1) is 5.10 Å². The van der Waals surface area contributed by atoms with Crippen molar-refractivity contribution in [2.75, 3.05) is 7.11 Å². The minimum Gasteiger partial charge on any atom is -0.464 e. The Hall–Kier alpha value is -3.55. The summed E-state index contributed by atoms with van der Waals surface area (Å²) in [7, 11) is 1.26. The third kappa shape index (κ3) is 2.71. The molecule has 0 radical (unpaired) electrons. The molecule has 1 N–H and O–H groups in total. The summed E-state index contributed by atoms with van der Waals surface area (Å²) < 4.78 is 20.3. The first-order chi connectivity index (χ1) is 12.7. The molecule has 0 saturated carbocycles.